The van der Waals surface area contributed by atoms with Crippen LogP contribution in [0.15, 0.2) is 24.3 Å². The zero-order valence-corrected chi connectivity index (χ0v) is 10.1. The summed E-state index contributed by atoms with van der Waals surface area (Å²) in [6.07, 6.45) is 1.08. The van der Waals surface area contributed by atoms with E-state index >= 15 is 0 Å². The Kier molecular flexibility index (Phi) is 3.64. The first-order chi connectivity index (χ1) is 8.15. The second-order valence-corrected chi connectivity index (χ2v) is 4.61. The van der Waals surface area contributed by atoms with Gasteiger partial charge in [0, 0.05) is 30.5 Å². The first kappa shape index (κ1) is 11.9. The van der Waals surface area contributed by atoms with Crippen molar-refractivity contribution < 1.29 is 4.79 Å². The Morgan fingerprint density at radius 3 is 2.82 bits per heavy atom. The highest BCUT2D eigenvalue weighted by Crippen LogP contribution is 2.21. The fraction of sp³-hybridized carbons (Fsp3) is 0.462. The average molecular weight is 233 g/mol. The van der Waals surface area contributed by atoms with Crippen LogP contribution in [0.2, 0.25) is 0 Å². The molecule has 0 spiro atoms. The SMILES string of the molecule is CC(=O)CNC1CCN(c2ccc(N)cc2)C1. The molecule has 1 heterocycles. The fourth-order valence-electron chi connectivity index (χ4n) is 2.13. The van der Waals surface area contributed by atoms with Crippen LogP contribution >= 0.6 is 0 Å². The van der Waals surface area contributed by atoms with Gasteiger partial charge in [-0.05, 0) is 37.6 Å². The molecule has 0 bridgehead atoms. The van der Waals surface area contributed by atoms with Crippen molar-refractivity contribution >= 4 is 17.2 Å². The number of ketones is 1. The molecule has 17 heavy (non-hydrogen) atoms. The normalized spacial score (nSPS) is 19.6. The number of carbonyl (C=O) groups excluding carboxylic acids is 1. The van der Waals surface area contributed by atoms with Gasteiger partial charge in [0.2, 0.25) is 0 Å². The van der Waals surface area contributed by atoms with Crippen molar-refractivity contribution in [2.24, 2.45) is 0 Å². The number of nitrogens with zero attached hydrogens (tertiary/aromatic N) is 1. The standard InChI is InChI=1S/C13H19N3O/c1-10(17)8-15-12-6-7-16(9-12)13-4-2-11(14)3-5-13/h2-5,12,15H,6-9,14H2,1H3. The summed E-state index contributed by atoms with van der Waals surface area (Å²) >= 11 is 0. The minimum absolute atomic E-state index is 0.191. The van der Waals surface area contributed by atoms with Gasteiger partial charge in [0.1, 0.15) is 5.78 Å². The van der Waals surface area contributed by atoms with Crippen LogP contribution in [0.1, 0.15) is 13.3 Å². The lowest BCUT2D eigenvalue weighted by Crippen LogP contribution is -2.35. The van der Waals surface area contributed by atoms with Crippen molar-refractivity contribution in [3.8, 4) is 0 Å². The van der Waals surface area contributed by atoms with Crippen molar-refractivity contribution in [1.82, 2.24) is 5.32 Å². The minimum Gasteiger partial charge on any atom is -0.399 e. The lowest BCUT2D eigenvalue weighted by Gasteiger charge is -2.19. The Morgan fingerprint density at radius 1 is 1.47 bits per heavy atom. The van der Waals surface area contributed by atoms with Crippen molar-refractivity contribution in [3.05, 3.63) is 24.3 Å². The molecule has 1 fully saturated rings. The summed E-state index contributed by atoms with van der Waals surface area (Å²) in [5.74, 6) is 0.191. The van der Waals surface area contributed by atoms with E-state index in [1.165, 1.54) is 5.69 Å². The van der Waals surface area contributed by atoms with Gasteiger partial charge in [0.05, 0.1) is 6.54 Å². The van der Waals surface area contributed by atoms with Gasteiger partial charge in [-0.2, -0.15) is 0 Å². The van der Waals surface area contributed by atoms with Gasteiger partial charge in [-0.25, -0.2) is 0 Å². The van der Waals surface area contributed by atoms with Crippen LogP contribution in [-0.2, 0) is 4.79 Å². The first-order valence-corrected chi connectivity index (χ1v) is 5.98. The second kappa shape index (κ2) is 5.19. The maximum absolute atomic E-state index is 10.9. The van der Waals surface area contributed by atoms with Gasteiger partial charge in [-0.15, -0.1) is 0 Å². The van der Waals surface area contributed by atoms with E-state index in [1.807, 2.05) is 24.3 Å². The maximum Gasteiger partial charge on any atom is 0.143 e. The highest BCUT2D eigenvalue weighted by atomic mass is 16.1. The Labute approximate surface area is 102 Å². The first-order valence-electron chi connectivity index (χ1n) is 5.98. The number of rotatable bonds is 4. The molecule has 1 aliphatic rings. The zero-order valence-electron chi connectivity index (χ0n) is 10.1. The molecule has 1 saturated heterocycles. The Bertz CT molecular complexity index is 388. The largest absolute Gasteiger partial charge is 0.399 e. The van der Waals surface area contributed by atoms with Gasteiger partial charge < -0.3 is 16.0 Å². The van der Waals surface area contributed by atoms with E-state index in [1.54, 1.807) is 6.92 Å². The lowest BCUT2D eigenvalue weighted by molar-refractivity contribution is -0.116. The van der Waals surface area contributed by atoms with E-state index in [0.29, 0.717) is 12.6 Å². The number of hydrogen-bond donors (Lipinski definition) is 2. The van der Waals surface area contributed by atoms with Gasteiger partial charge in [0.15, 0.2) is 0 Å². The van der Waals surface area contributed by atoms with Crippen molar-refractivity contribution in [2.75, 3.05) is 30.3 Å². The highest BCUT2D eigenvalue weighted by Gasteiger charge is 2.22. The number of benzene rings is 1. The molecule has 0 saturated carbocycles. The third-order valence-corrected chi connectivity index (χ3v) is 3.09. The van der Waals surface area contributed by atoms with Crippen LogP contribution in [0.4, 0.5) is 11.4 Å². The van der Waals surface area contributed by atoms with E-state index in [2.05, 4.69) is 10.2 Å². The van der Waals surface area contributed by atoms with Crippen molar-refractivity contribution in [1.29, 1.82) is 0 Å². The molecule has 0 aromatic heterocycles. The van der Waals surface area contributed by atoms with E-state index in [4.69, 9.17) is 5.73 Å². The molecule has 3 N–H and O–H groups in total. The summed E-state index contributed by atoms with van der Waals surface area (Å²) in [5.41, 5.74) is 7.66. The molecule has 0 amide bonds. The summed E-state index contributed by atoms with van der Waals surface area (Å²) in [4.78, 5) is 13.2. The fourth-order valence-corrected chi connectivity index (χ4v) is 2.13. The molecule has 1 aromatic rings. The average Bonchev–Trinajstić information content (AvgIpc) is 2.76. The monoisotopic (exact) mass is 233 g/mol. The van der Waals surface area contributed by atoms with Gasteiger partial charge in [-0.3, -0.25) is 4.79 Å². The van der Waals surface area contributed by atoms with Crippen LogP contribution in [-0.4, -0.2) is 31.5 Å². The number of nitrogen functional groups attached to an aromatic ring is 1. The van der Waals surface area contributed by atoms with Crippen LogP contribution in [0.3, 0.4) is 0 Å². The molecule has 0 aliphatic carbocycles. The van der Waals surface area contributed by atoms with Crippen LogP contribution in [0, 0.1) is 0 Å². The second-order valence-electron chi connectivity index (χ2n) is 4.61. The number of Topliss-reactive ketones (excluding diaryl/α,β-unsaturated/α-hetero) is 1. The predicted octanol–water partition coefficient (Wildman–Crippen LogP) is 1.03. The maximum atomic E-state index is 10.9. The molecular weight excluding hydrogens is 214 g/mol. The summed E-state index contributed by atoms with van der Waals surface area (Å²) in [6.45, 7) is 4.07. The molecule has 1 atom stereocenters. The third-order valence-electron chi connectivity index (χ3n) is 3.09. The van der Waals surface area contributed by atoms with Gasteiger partial charge in [0.25, 0.3) is 0 Å². The third kappa shape index (κ3) is 3.20. The highest BCUT2D eigenvalue weighted by molar-refractivity contribution is 5.77. The molecular formula is C13H19N3O. The summed E-state index contributed by atoms with van der Waals surface area (Å²) in [5, 5.41) is 3.28. The number of nitrogens with two attached hydrogens (primary N) is 1. The van der Waals surface area contributed by atoms with Crippen LogP contribution < -0.4 is 16.0 Å². The molecule has 2 rings (SSSR count). The summed E-state index contributed by atoms with van der Waals surface area (Å²) in [7, 11) is 0. The Morgan fingerprint density at radius 2 is 2.18 bits per heavy atom. The van der Waals surface area contributed by atoms with Crippen molar-refractivity contribution in [3.63, 3.8) is 0 Å². The van der Waals surface area contributed by atoms with Crippen LogP contribution in [0.25, 0.3) is 0 Å². The quantitative estimate of drug-likeness (QED) is 0.763. The summed E-state index contributed by atoms with van der Waals surface area (Å²) < 4.78 is 0. The van der Waals surface area contributed by atoms with E-state index < -0.39 is 0 Å². The zero-order chi connectivity index (χ0) is 12.3. The number of anilines is 2. The smallest absolute Gasteiger partial charge is 0.143 e. The van der Waals surface area contributed by atoms with Crippen molar-refractivity contribution in [2.45, 2.75) is 19.4 Å². The number of hydrogen-bond acceptors (Lipinski definition) is 4. The van der Waals surface area contributed by atoms with Crippen LogP contribution in [0.5, 0.6) is 0 Å². The van der Waals surface area contributed by atoms with E-state index in [0.717, 1.165) is 25.2 Å². The Balaban J connectivity index is 1.89. The number of nitrogens with one attached hydrogen (secondary N) is 1. The van der Waals surface area contributed by atoms with E-state index in [9.17, 15) is 4.79 Å². The number of carbonyl (C=O) groups is 1. The molecule has 0 radical (unpaired) electrons. The molecule has 1 unspecified atom stereocenters. The minimum atomic E-state index is 0.191. The van der Waals surface area contributed by atoms with Gasteiger partial charge in [-0.1, -0.05) is 0 Å². The molecule has 1 aromatic carbocycles. The molecule has 4 nitrogen and oxygen atoms in total. The van der Waals surface area contributed by atoms with Gasteiger partial charge >= 0.3 is 0 Å². The molecule has 4 heteroatoms. The Hall–Kier alpha value is -1.55. The molecule has 1 aliphatic heterocycles. The topological polar surface area (TPSA) is 58.4 Å². The molecule has 92 valence electrons. The lowest BCUT2D eigenvalue weighted by atomic mass is 10.2. The summed E-state index contributed by atoms with van der Waals surface area (Å²) in [6, 6.07) is 8.35. The predicted molar refractivity (Wildman–Crippen MR) is 70.2 cm³/mol. The van der Waals surface area contributed by atoms with E-state index in [-0.39, 0.29) is 5.78 Å².